The van der Waals surface area contributed by atoms with E-state index in [9.17, 15) is 9.59 Å². The number of rotatable bonds is 6. The van der Waals surface area contributed by atoms with Crippen molar-refractivity contribution >= 4 is 34.1 Å². The number of aromatic nitrogens is 1. The summed E-state index contributed by atoms with van der Waals surface area (Å²) in [6, 6.07) is 22.6. The minimum Gasteiger partial charge on any atom is -0.379 e. The quantitative estimate of drug-likeness (QED) is 0.422. The fourth-order valence-corrected chi connectivity index (χ4v) is 4.47. The number of nitrogens with one attached hydrogen (secondary N) is 1. The number of pyridine rings is 1. The Morgan fingerprint density at radius 2 is 1.69 bits per heavy atom. The first-order valence-corrected chi connectivity index (χ1v) is 12.0. The predicted molar refractivity (Wildman–Crippen MR) is 139 cm³/mol. The number of amides is 1. The molecule has 2 heterocycles. The van der Waals surface area contributed by atoms with E-state index in [0.717, 1.165) is 44.0 Å². The largest absolute Gasteiger partial charge is 0.379 e. The summed E-state index contributed by atoms with van der Waals surface area (Å²) in [5, 5.41) is 1.14. The van der Waals surface area contributed by atoms with Gasteiger partial charge in [-0.25, -0.2) is 0 Å². The second-order valence-corrected chi connectivity index (χ2v) is 9.09. The zero-order valence-electron chi connectivity index (χ0n) is 19.2. The summed E-state index contributed by atoms with van der Waals surface area (Å²) >= 11 is 6.04. The lowest BCUT2D eigenvalue weighted by Crippen LogP contribution is -2.35. The minimum atomic E-state index is -0.354. The molecular weight excluding hydrogens is 462 g/mol. The lowest BCUT2D eigenvalue weighted by atomic mass is 10.1. The average molecular weight is 488 g/mol. The van der Waals surface area contributed by atoms with Crippen LogP contribution in [-0.4, -0.2) is 42.1 Å². The van der Waals surface area contributed by atoms with Crippen molar-refractivity contribution in [3.63, 3.8) is 0 Å². The van der Waals surface area contributed by atoms with E-state index in [0.29, 0.717) is 28.2 Å². The molecule has 0 atom stereocenters. The lowest BCUT2D eigenvalue weighted by molar-refractivity contribution is 0.0342. The smallest absolute Gasteiger partial charge is 0.264 e. The number of benzene rings is 3. The average Bonchev–Trinajstić information content (AvgIpc) is 2.90. The predicted octanol–water partition coefficient (Wildman–Crippen LogP) is 4.86. The first-order valence-electron chi connectivity index (χ1n) is 11.6. The molecule has 7 heteroatoms. The minimum absolute atomic E-state index is 0.110. The first-order chi connectivity index (χ1) is 17.1. The van der Waals surface area contributed by atoms with Crippen LogP contribution in [-0.2, 0) is 17.8 Å². The number of carbonyl (C=O) groups excluding carboxylic acids is 1. The van der Waals surface area contributed by atoms with E-state index < -0.39 is 0 Å². The normalized spacial score (nSPS) is 14.2. The Bertz CT molecular complexity index is 1380. The van der Waals surface area contributed by atoms with E-state index in [1.807, 2.05) is 60.7 Å². The lowest BCUT2D eigenvalue weighted by Gasteiger charge is -2.26. The maximum absolute atomic E-state index is 13.7. The molecule has 1 aliphatic rings. The fraction of sp³-hybridized carbons (Fsp3) is 0.214. The molecule has 1 fully saturated rings. The van der Waals surface area contributed by atoms with Gasteiger partial charge in [0.25, 0.3) is 5.91 Å². The molecular formula is C28H26ClN3O3. The number of para-hydroxylation sites is 1. The van der Waals surface area contributed by atoms with Gasteiger partial charge in [0.15, 0.2) is 0 Å². The van der Waals surface area contributed by atoms with Crippen molar-refractivity contribution < 1.29 is 9.53 Å². The number of nitrogens with zero attached hydrogens (tertiary/aromatic N) is 2. The number of ether oxygens (including phenoxy) is 1. The summed E-state index contributed by atoms with van der Waals surface area (Å²) in [5.74, 6) is -0.354. The molecule has 178 valence electrons. The van der Waals surface area contributed by atoms with Gasteiger partial charge < -0.3 is 14.6 Å². The Morgan fingerprint density at radius 3 is 2.43 bits per heavy atom. The molecule has 6 nitrogen and oxygen atoms in total. The zero-order valence-corrected chi connectivity index (χ0v) is 20.0. The summed E-state index contributed by atoms with van der Waals surface area (Å²) < 4.78 is 5.43. The number of aromatic amines is 1. The highest BCUT2D eigenvalue weighted by atomic mass is 35.5. The number of morpholine rings is 1. The summed E-state index contributed by atoms with van der Waals surface area (Å²) in [4.78, 5) is 34.3. The van der Waals surface area contributed by atoms with Crippen LogP contribution in [0.3, 0.4) is 0 Å². The maximum atomic E-state index is 13.7. The van der Waals surface area contributed by atoms with Gasteiger partial charge in [0.05, 0.1) is 19.8 Å². The van der Waals surface area contributed by atoms with E-state index in [4.69, 9.17) is 16.3 Å². The van der Waals surface area contributed by atoms with Gasteiger partial charge in [0.2, 0.25) is 5.43 Å². The highest BCUT2D eigenvalue weighted by molar-refractivity contribution is 6.30. The third kappa shape index (κ3) is 5.30. The van der Waals surface area contributed by atoms with Crippen molar-refractivity contribution in [2.45, 2.75) is 13.1 Å². The number of hydrogen-bond donors (Lipinski definition) is 1. The van der Waals surface area contributed by atoms with Gasteiger partial charge in [0, 0.05) is 47.4 Å². The molecule has 1 N–H and O–H groups in total. The maximum Gasteiger partial charge on any atom is 0.264 e. The van der Waals surface area contributed by atoms with Crippen LogP contribution >= 0.6 is 11.6 Å². The number of H-pyrrole nitrogens is 1. The van der Waals surface area contributed by atoms with Crippen LogP contribution in [0.2, 0.25) is 5.02 Å². The van der Waals surface area contributed by atoms with E-state index >= 15 is 0 Å². The number of anilines is 1. The molecule has 3 aromatic carbocycles. The third-order valence-electron chi connectivity index (χ3n) is 6.25. The molecule has 4 aromatic rings. The summed E-state index contributed by atoms with van der Waals surface area (Å²) in [6.07, 6.45) is 1.52. The van der Waals surface area contributed by atoms with Crippen molar-refractivity contribution in [1.29, 1.82) is 0 Å². The van der Waals surface area contributed by atoms with E-state index in [1.54, 1.807) is 17.0 Å². The van der Waals surface area contributed by atoms with Crippen molar-refractivity contribution in [1.82, 2.24) is 9.88 Å². The zero-order chi connectivity index (χ0) is 24.2. The Kier molecular flexibility index (Phi) is 6.95. The van der Waals surface area contributed by atoms with Crippen molar-refractivity contribution in [3.05, 3.63) is 111 Å². The SMILES string of the molecule is O=C(c1c[nH]c2ccc(CN3CCOCC3)cc2c1=O)N(Cc1ccc(Cl)cc1)c1ccccc1. The van der Waals surface area contributed by atoms with Gasteiger partial charge in [-0.1, -0.05) is 48.0 Å². The van der Waals surface area contributed by atoms with E-state index in [2.05, 4.69) is 9.88 Å². The van der Waals surface area contributed by atoms with Crippen LogP contribution in [0.1, 0.15) is 21.5 Å². The molecule has 1 saturated heterocycles. The monoisotopic (exact) mass is 487 g/mol. The van der Waals surface area contributed by atoms with Crippen molar-refractivity contribution in [3.8, 4) is 0 Å². The van der Waals surface area contributed by atoms with E-state index in [-0.39, 0.29) is 16.9 Å². The molecule has 1 amide bonds. The molecule has 0 aliphatic carbocycles. The molecule has 0 spiro atoms. The highest BCUT2D eigenvalue weighted by Crippen LogP contribution is 2.21. The van der Waals surface area contributed by atoms with Crippen LogP contribution in [0.25, 0.3) is 10.9 Å². The van der Waals surface area contributed by atoms with E-state index in [1.165, 1.54) is 6.20 Å². The van der Waals surface area contributed by atoms with Gasteiger partial charge >= 0.3 is 0 Å². The van der Waals surface area contributed by atoms with Gasteiger partial charge in [-0.3, -0.25) is 14.5 Å². The Balaban J connectivity index is 1.49. The molecule has 35 heavy (non-hydrogen) atoms. The molecule has 1 aliphatic heterocycles. The van der Waals surface area contributed by atoms with Gasteiger partial charge in [-0.05, 0) is 47.5 Å². The Hall–Kier alpha value is -3.45. The second-order valence-electron chi connectivity index (χ2n) is 8.65. The number of halogens is 1. The third-order valence-corrected chi connectivity index (χ3v) is 6.50. The Morgan fingerprint density at radius 1 is 0.971 bits per heavy atom. The van der Waals surface area contributed by atoms with Crippen molar-refractivity contribution in [2.24, 2.45) is 0 Å². The number of fused-ring (bicyclic) bond motifs is 1. The molecule has 0 saturated carbocycles. The second kappa shape index (κ2) is 10.4. The molecule has 1 aromatic heterocycles. The van der Waals surface area contributed by atoms with Crippen LogP contribution < -0.4 is 10.3 Å². The standard InChI is InChI=1S/C28H26ClN3O3/c29-22-9-6-20(7-10-22)19-32(23-4-2-1-3-5-23)28(34)25-17-30-26-11-8-21(16-24(26)27(25)33)18-31-12-14-35-15-13-31/h1-11,16-17H,12-15,18-19H2,(H,30,33). The van der Waals surface area contributed by atoms with Crippen LogP contribution in [0.4, 0.5) is 5.69 Å². The Labute approximate surface area is 208 Å². The summed E-state index contributed by atoms with van der Waals surface area (Å²) in [6.45, 7) is 4.22. The van der Waals surface area contributed by atoms with Gasteiger partial charge in [-0.15, -0.1) is 0 Å². The van der Waals surface area contributed by atoms with Gasteiger partial charge in [0.1, 0.15) is 5.56 Å². The summed E-state index contributed by atoms with van der Waals surface area (Å²) in [7, 11) is 0. The highest BCUT2D eigenvalue weighted by Gasteiger charge is 2.22. The fourth-order valence-electron chi connectivity index (χ4n) is 4.35. The molecule has 5 rings (SSSR count). The van der Waals surface area contributed by atoms with Crippen LogP contribution in [0, 0.1) is 0 Å². The van der Waals surface area contributed by atoms with Crippen LogP contribution in [0.15, 0.2) is 83.8 Å². The molecule has 0 radical (unpaired) electrons. The van der Waals surface area contributed by atoms with Crippen LogP contribution in [0.5, 0.6) is 0 Å². The topological polar surface area (TPSA) is 65.6 Å². The van der Waals surface area contributed by atoms with Crippen molar-refractivity contribution in [2.75, 3.05) is 31.2 Å². The number of carbonyl (C=O) groups is 1. The molecule has 0 unspecified atom stereocenters. The molecule has 0 bridgehead atoms. The first kappa shape index (κ1) is 23.3. The summed E-state index contributed by atoms with van der Waals surface area (Å²) in [5.41, 5.74) is 3.21. The van der Waals surface area contributed by atoms with Gasteiger partial charge in [-0.2, -0.15) is 0 Å². The number of hydrogen-bond acceptors (Lipinski definition) is 4.